The Hall–Kier alpha value is -1.10. The molecule has 1 N–H and O–H groups in total. The molecule has 1 atom stereocenters. The molecule has 2 heterocycles. The number of likely N-dealkylation sites (tertiary alicyclic amines) is 1. The number of carbonyl (C=O) groups excluding carboxylic acids is 2. The van der Waals surface area contributed by atoms with E-state index in [2.05, 4.69) is 12.2 Å². The van der Waals surface area contributed by atoms with Gasteiger partial charge in [0.1, 0.15) is 0 Å². The molecule has 0 bridgehead atoms. The molecule has 0 aliphatic carbocycles. The third-order valence-corrected chi connectivity index (χ3v) is 4.11. The molecule has 0 radical (unpaired) electrons. The molecule has 5 heteroatoms. The molecule has 19 heavy (non-hydrogen) atoms. The normalized spacial score (nSPS) is 25.6. The van der Waals surface area contributed by atoms with Crippen molar-refractivity contribution < 1.29 is 9.59 Å². The standard InChI is InChI=1S/C14H25N3O2/c1-12-4-2-8-16(10-5-12)13(18)14(19)17-9-3-6-15-7-11-17/h12,15H,2-11H2,1H3. The van der Waals surface area contributed by atoms with E-state index in [4.69, 9.17) is 0 Å². The van der Waals surface area contributed by atoms with Gasteiger partial charge in [0.15, 0.2) is 0 Å². The second-order valence-electron chi connectivity index (χ2n) is 5.72. The van der Waals surface area contributed by atoms with Crippen LogP contribution < -0.4 is 5.32 Å². The molecule has 0 aromatic carbocycles. The first-order valence-electron chi connectivity index (χ1n) is 7.47. The summed E-state index contributed by atoms with van der Waals surface area (Å²) in [7, 11) is 0. The monoisotopic (exact) mass is 267 g/mol. The fraction of sp³-hybridized carbons (Fsp3) is 0.857. The van der Waals surface area contributed by atoms with Gasteiger partial charge in [-0.15, -0.1) is 0 Å². The highest BCUT2D eigenvalue weighted by molar-refractivity contribution is 6.34. The molecule has 2 aliphatic heterocycles. The van der Waals surface area contributed by atoms with Crippen molar-refractivity contribution in [2.75, 3.05) is 39.3 Å². The van der Waals surface area contributed by atoms with Crippen LogP contribution in [0.3, 0.4) is 0 Å². The van der Waals surface area contributed by atoms with Gasteiger partial charge in [-0.1, -0.05) is 6.92 Å². The summed E-state index contributed by atoms with van der Waals surface area (Å²) in [6.07, 6.45) is 4.12. The first-order valence-corrected chi connectivity index (χ1v) is 7.47. The highest BCUT2D eigenvalue weighted by Crippen LogP contribution is 2.16. The average molecular weight is 267 g/mol. The van der Waals surface area contributed by atoms with Crippen molar-refractivity contribution in [3.63, 3.8) is 0 Å². The zero-order valence-corrected chi connectivity index (χ0v) is 11.9. The first kappa shape index (κ1) is 14.3. The minimum atomic E-state index is -0.307. The highest BCUT2D eigenvalue weighted by atomic mass is 16.2. The van der Waals surface area contributed by atoms with E-state index >= 15 is 0 Å². The molecule has 2 amide bonds. The number of hydrogen-bond acceptors (Lipinski definition) is 3. The topological polar surface area (TPSA) is 52.7 Å². The van der Waals surface area contributed by atoms with Crippen LogP contribution in [-0.2, 0) is 9.59 Å². The van der Waals surface area contributed by atoms with E-state index in [1.165, 1.54) is 0 Å². The average Bonchev–Trinajstić information content (AvgIpc) is 2.79. The van der Waals surface area contributed by atoms with Gasteiger partial charge < -0.3 is 15.1 Å². The molecule has 0 aromatic rings. The number of carbonyl (C=O) groups is 2. The first-order chi connectivity index (χ1) is 9.18. The van der Waals surface area contributed by atoms with Gasteiger partial charge in [-0.25, -0.2) is 0 Å². The summed E-state index contributed by atoms with van der Waals surface area (Å²) in [5.41, 5.74) is 0. The molecule has 108 valence electrons. The van der Waals surface area contributed by atoms with E-state index in [1.807, 2.05) is 0 Å². The van der Waals surface area contributed by atoms with Gasteiger partial charge in [0.05, 0.1) is 0 Å². The maximum absolute atomic E-state index is 12.3. The van der Waals surface area contributed by atoms with E-state index < -0.39 is 0 Å². The molecule has 0 saturated carbocycles. The predicted octanol–water partition coefficient (Wildman–Crippen LogP) is 0.457. The van der Waals surface area contributed by atoms with Crippen molar-refractivity contribution in [3.8, 4) is 0 Å². The molecule has 0 aromatic heterocycles. The molecule has 2 saturated heterocycles. The summed E-state index contributed by atoms with van der Waals surface area (Å²) in [5, 5.41) is 3.25. The summed E-state index contributed by atoms with van der Waals surface area (Å²) in [4.78, 5) is 28.0. The predicted molar refractivity (Wildman–Crippen MR) is 73.7 cm³/mol. The van der Waals surface area contributed by atoms with Crippen LogP contribution in [0.15, 0.2) is 0 Å². The second-order valence-corrected chi connectivity index (χ2v) is 5.72. The molecule has 5 nitrogen and oxygen atoms in total. The Morgan fingerprint density at radius 1 is 0.895 bits per heavy atom. The quantitative estimate of drug-likeness (QED) is 0.649. The van der Waals surface area contributed by atoms with E-state index in [-0.39, 0.29) is 11.8 Å². The zero-order valence-electron chi connectivity index (χ0n) is 11.9. The lowest BCUT2D eigenvalue weighted by Gasteiger charge is -2.25. The summed E-state index contributed by atoms with van der Waals surface area (Å²) >= 11 is 0. The number of hydrogen-bond donors (Lipinski definition) is 1. The summed E-state index contributed by atoms with van der Waals surface area (Å²) < 4.78 is 0. The lowest BCUT2D eigenvalue weighted by Crippen LogP contribution is -2.46. The van der Waals surface area contributed by atoms with Crippen LogP contribution in [0.2, 0.25) is 0 Å². The van der Waals surface area contributed by atoms with Crippen LogP contribution >= 0.6 is 0 Å². The van der Waals surface area contributed by atoms with Crippen LogP contribution in [0.1, 0.15) is 32.6 Å². The minimum absolute atomic E-state index is 0.295. The number of amides is 2. The van der Waals surface area contributed by atoms with Crippen LogP contribution in [0.25, 0.3) is 0 Å². The van der Waals surface area contributed by atoms with Crippen LogP contribution in [0, 0.1) is 5.92 Å². The third-order valence-electron chi connectivity index (χ3n) is 4.11. The van der Waals surface area contributed by atoms with Crippen LogP contribution in [0.5, 0.6) is 0 Å². The third kappa shape index (κ3) is 3.93. The fourth-order valence-electron chi connectivity index (χ4n) is 2.79. The number of rotatable bonds is 0. The van der Waals surface area contributed by atoms with Gasteiger partial charge in [0, 0.05) is 32.7 Å². The molecular weight excluding hydrogens is 242 g/mol. The summed E-state index contributed by atoms with van der Waals surface area (Å²) in [6, 6.07) is 0. The molecule has 2 rings (SSSR count). The van der Waals surface area contributed by atoms with Crippen molar-refractivity contribution >= 4 is 11.8 Å². The Morgan fingerprint density at radius 3 is 2.37 bits per heavy atom. The van der Waals surface area contributed by atoms with Gasteiger partial charge in [0.2, 0.25) is 0 Å². The summed E-state index contributed by atoms with van der Waals surface area (Å²) in [5.74, 6) is 0.0598. The second kappa shape index (κ2) is 6.89. The fourth-order valence-corrected chi connectivity index (χ4v) is 2.79. The van der Waals surface area contributed by atoms with Crippen LogP contribution in [0.4, 0.5) is 0 Å². The van der Waals surface area contributed by atoms with Crippen molar-refractivity contribution in [1.29, 1.82) is 0 Å². The zero-order chi connectivity index (χ0) is 13.7. The summed E-state index contributed by atoms with van der Waals surface area (Å²) in [6.45, 7) is 6.75. The lowest BCUT2D eigenvalue weighted by atomic mass is 10.0. The van der Waals surface area contributed by atoms with Gasteiger partial charge >= 0.3 is 11.8 Å². The highest BCUT2D eigenvalue weighted by Gasteiger charge is 2.28. The number of nitrogens with zero attached hydrogens (tertiary/aromatic N) is 2. The SMILES string of the molecule is CC1CCCN(C(=O)C(=O)N2CCCNCC2)CC1. The molecular formula is C14H25N3O2. The van der Waals surface area contributed by atoms with Gasteiger partial charge in [-0.2, -0.15) is 0 Å². The van der Waals surface area contributed by atoms with E-state index in [9.17, 15) is 9.59 Å². The lowest BCUT2D eigenvalue weighted by molar-refractivity contribution is -0.151. The largest absolute Gasteiger partial charge is 0.334 e. The van der Waals surface area contributed by atoms with Crippen molar-refractivity contribution in [1.82, 2.24) is 15.1 Å². The minimum Gasteiger partial charge on any atom is -0.334 e. The Balaban J connectivity index is 1.91. The van der Waals surface area contributed by atoms with Crippen molar-refractivity contribution in [2.45, 2.75) is 32.6 Å². The Labute approximate surface area is 115 Å². The van der Waals surface area contributed by atoms with Gasteiger partial charge in [0.25, 0.3) is 0 Å². The van der Waals surface area contributed by atoms with E-state index in [1.54, 1.807) is 9.80 Å². The van der Waals surface area contributed by atoms with Crippen LogP contribution in [-0.4, -0.2) is 60.9 Å². The maximum Gasteiger partial charge on any atom is 0.312 e. The van der Waals surface area contributed by atoms with E-state index in [0.29, 0.717) is 19.0 Å². The molecule has 0 spiro atoms. The Kier molecular flexibility index (Phi) is 5.19. The number of nitrogens with one attached hydrogen (secondary N) is 1. The smallest absolute Gasteiger partial charge is 0.312 e. The molecule has 2 fully saturated rings. The molecule has 2 aliphatic rings. The maximum atomic E-state index is 12.3. The van der Waals surface area contributed by atoms with E-state index in [0.717, 1.165) is 51.9 Å². The Morgan fingerprint density at radius 2 is 1.58 bits per heavy atom. The van der Waals surface area contributed by atoms with Gasteiger partial charge in [-0.3, -0.25) is 9.59 Å². The molecule has 1 unspecified atom stereocenters. The Bertz CT molecular complexity index is 325. The van der Waals surface area contributed by atoms with Gasteiger partial charge in [-0.05, 0) is 38.1 Å². The van der Waals surface area contributed by atoms with Crippen molar-refractivity contribution in [2.24, 2.45) is 5.92 Å². The van der Waals surface area contributed by atoms with Crippen molar-refractivity contribution in [3.05, 3.63) is 0 Å².